The number of amides is 4. The van der Waals surface area contributed by atoms with Crippen molar-refractivity contribution in [1.82, 2.24) is 19.8 Å². The molecule has 4 heterocycles. The lowest BCUT2D eigenvalue weighted by Gasteiger charge is -2.36. The zero-order valence-electron chi connectivity index (χ0n) is 19.1. The Morgan fingerprint density at radius 2 is 1.72 bits per heavy atom. The number of carbonyl (C=O) groups is 3. The number of anilines is 2. The third kappa shape index (κ3) is 3.68. The number of piperazine rings is 1. The predicted molar refractivity (Wildman–Crippen MR) is 121 cm³/mol. The molecule has 9 heteroatoms. The lowest BCUT2D eigenvalue weighted by atomic mass is 10.1. The molecule has 4 rings (SSSR count). The second-order valence-electron chi connectivity index (χ2n) is 8.44. The zero-order chi connectivity index (χ0) is 23.2. The number of hydrogen-bond acceptors (Lipinski definition) is 6. The van der Waals surface area contributed by atoms with Crippen molar-refractivity contribution in [3.63, 3.8) is 0 Å². The van der Waals surface area contributed by atoms with Gasteiger partial charge >= 0.3 is 6.03 Å². The van der Waals surface area contributed by atoms with Gasteiger partial charge in [-0.1, -0.05) is 6.07 Å². The number of urea groups is 1. The average Bonchev–Trinajstić information content (AvgIpc) is 2.98. The van der Waals surface area contributed by atoms with Gasteiger partial charge in [-0.05, 0) is 51.0 Å². The molecule has 9 nitrogen and oxygen atoms in total. The number of aryl methyl sites for hydroxylation is 3. The Kier molecular flexibility index (Phi) is 5.58. The van der Waals surface area contributed by atoms with Gasteiger partial charge in [-0.3, -0.25) is 19.4 Å². The largest absolute Gasteiger partial charge is 0.353 e. The van der Waals surface area contributed by atoms with Crippen LogP contribution in [0.25, 0.3) is 0 Å². The number of imide groups is 1. The minimum absolute atomic E-state index is 0.0949. The van der Waals surface area contributed by atoms with Crippen LogP contribution < -0.4 is 9.80 Å². The van der Waals surface area contributed by atoms with Gasteiger partial charge in [0, 0.05) is 45.1 Å². The molecule has 0 aromatic carbocycles. The van der Waals surface area contributed by atoms with Gasteiger partial charge in [0.2, 0.25) is 0 Å². The summed E-state index contributed by atoms with van der Waals surface area (Å²) in [6.45, 7) is 10.4. The van der Waals surface area contributed by atoms with Crippen LogP contribution in [0.2, 0.25) is 0 Å². The number of rotatable bonds is 3. The highest BCUT2D eigenvalue weighted by Gasteiger charge is 2.41. The summed E-state index contributed by atoms with van der Waals surface area (Å²) >= 11 is 0. The van der Waals surface area contributed by atoms with Crippen LogP contribution in [0.1, 0.15) is 34.1 Å². The van der Waals surface area contributed by atoms with Crippen molar-refractivity contribution >= 4 is 29.5 Å². The van der Waals surface area contributed by atoms with Gasteiger partial charge in [0.25, 0.3) is 11.8 Å². The summed E-state index contributed by atoms with van der Waals surface area (Å²) in [5.41, 5.74) is 3.80. The number of carbonyl (C=O) groups excluding carboxylic acids is 3. The van der Waals surface area contributed by atoms with E-state index in [0.717, 1.165) is 22.0 Å². The van der Waals surface area contributed by atoms with Crippen LogP contribution in [0.5, 0.6) is 0 Å². The number of aromatic nitrogens is 2. The van der Waals surface area contributed by atoms with E-state index in [2.05, 4.69) is 29.8 Å². The van der Waals surface area contributed by atoms with Gasteiger partial charge in [0.05, 0.1) is 5.56 Å². The SMILES string of the molecule is Cc1cc(C)c(N2CCN(C(=O)c3ccc(N4C(=O)N(C)C(=O)C4C)nc3)CC2)nc1C. The lowest BCUT2D eigenvalue weighted by molar-refractivity contribution is -0.125. The van der Waals surface area contributed by atoms with E-state index in [1.165, 1.54) is 23.7 Å². The highest BCUT2D eigenvalue weighted by atomic mass is 16.2. The lowest BCUT2D eigenvalue weighted by Crippen LogP contribution is -2.49. The first-order chi connectivity index (χ1) is 15.2. The molecule has 0 bridgehead atoms. The summed E-state index contributed by atoms with van der Waals surface area (Å²) in [7, 11) is 1.45. The fourth-order valence-electron chi connectivity index (χ4n) is 4.22. The molecule has 168 valence electrons. The fourth-order valence-corrected chi connectivity index (χ4v) is 4.22. The Balaban J connectivity index is 1.42. The highest BCUT2D eigenvalue weighted by Crippen LogP contribution is 2.24. The molecule has 2 saturated heterocycles. The van der Waals surface area contributed by atoms with Gasteiger partial charge in [0.1, 0.15) is 17.7 Å². The number of hydrogen-bond donors (Lipinski definition) is 0. The summed E-state index contributed by atoms with van der Waals surface area (Å²) in [5.74, 6) is 0.971. The third-order valence-electron chi connectivity index (χ3n) is 6.31. The summed E-state index contributed by atoms with van der Waals surface area (Å²) in [6.07, 6.45) is 1.47. The van der Waals surface area contributed by atoms with Gasteiger partial charge in [-0.15, -0.1) is 0 Å². The van der Waals surface area contributed by atoms with Gasteiger partial charge in [-0.2, -0.15) is 0 Å². The van der Waals surface area contributed by atoms with E-state index in [0.29, 0.717) is 37.6 Å². The summed E-state index contributed by atoms with van der Waals surface area (Å²) in [5, 5.41) is 0. The van der Waals surface area contributed by atoms with E-state index < -0.39 is 12.1 Å². The van der Waals surface area contributed by atoms with Crippen molar-refractivity contribution in [1.29, 1.82) is 0 Å². The molecule has 0 spiro atoms. The van der Waals surface area contributed by atoms with Gasteiger partial charge in [-0.25, -0.2) is 14.8 Å². The van der Waals surface area contributed by atoms with E-state index >= 15 is 0 Å². The van der Waals surface area contributed by atoms with Crippen LogP contribution in [0.4, 0.5) is 16.4 Å². The predicted octanol–water partition coefficient (Wildman–Crippen LogP) is 2.15. The second kappa shape index (κ2) is 8.22. The molecule has 0 aliphatic carbocycles. The Bertz CT molecular complexity index is 1080. The minimum Gasteiger partial charge on any atom is -0.353 e. The first kappa shape index (κ1) is 21.7. The fraction of sp³-hybridized carbons (Fsp3) is 0.435. The number of nitrogens with zero attached hydrogens (tertiary/aromatic N) is 6. The third-order valence-corrected chi connectivity index (χ3v) is 6.31. The van der Waals surface area contributed by atoms with Crippen molar-refractivity contribution in [3.05, 3.63) is 46.8 Å². The highest BCUT2D eigenvalue weighted by molar-refractivity contribution is 6.13. The van der Waals surface area contributed by atoms with Crippen LogP contribution in [0.15, 0.2) is 24.4 Å². The van der Waals surface area contributed by atoms with Crippen molar-refractivity contribution < 1.29 is 14.4 Å². The summed E-state index contributed by atoms with van der Waals surface area (Å²) in [4.78, 5) is 52.8. The van der Waals surface area contributed by atoms with E-state index in [4.69, 9.17) is 4.98 Å². The number of likely N-dealkylation sites (N-methyl/N-ethyl adjacent to an activating group) is 1. The van der Waals surface area contributed by atoms with E-state index in [9.17, 15) is 14.4 Å². The minimum atomic E-state index is -0.614. The molecule has 0 saturated carbocycles. The van der Waals surface area contributed by atoms with Gasteiger partial charge in [0.15, 0.2) is 0 Å². The smallest absolute Gasteiger partial charge is 0.332 e. The molecular formula is C23H28N6O3. The molecule has 2 aliphatic heterocycles. The Morgan fingerprint density at radius 3 is 2.28 bits per heavy atom. The molecular weight excluding hydrogens is 408 g/mol. The van der Waals surface area contributed by atoms with Crippen LogP contribution in [-0.2, 0) is 4.79 Å². The summed E-state index contributed by atoms with van der Waals surface area (Å²) in [6, 6.07) is 4.40. The van der Waals surface area contributed by atoms with Crippen LogP contribution in [0.3, 0.4) is 0 Å². The Labute approximate surface area is 187 Å². The molecule has 0 N–H and O–H groups in total. The molecule has 32 heavy (non-hydrogen) atoms. The molecule has 4 amide bonds. The average molecular weight is 437 g/mol. The first-order valence-corrected chi connectivity index (χ1v) is 10.7. The van der Waals surface area contributed by atoms with Crippen LogP contribution >= 0.6 is 0 Å². The first-order valence-electron chi connectivity index (χ1n) is 10.7. The van der Waals surface area contributed by atoms with Crippen molar-refractivity contribution in [2.45, 2.75) is 33.7 Å². The second-order valence-corrected chi connectivity index (χ2v) is 8.44. The molecule has 1 atom stereocenters. The van der Waals surface area contributed by atoms with Crippen molar-refractivity contribution in [2.75, 3.05) is 43.0 Å². The maximum atomic E-state index is 13.0. The molecule has 2 aromatic heterocycles. The summed E-state index contributed by atoms with van der Waals surface area (Å²) < 4.78 is 0. The van der Waals surface area contributed by atoms with Crippen molar-refractivity contribution in [3.8, 4) is 0 Å². The molecule has 1 unspecified atom stereocenters. The van der Waals surface area contributed by atoms with E-state index in [1.807, 2.05) is 11.8 Å². The van der Waals surface area contributed by atoms with Crippen molar-refractivity contribution in [2.24, 2.45) is 0 Å². The zero-order valence-corrected chi connectivity index (χ0v) is 19.1. The van der Waals surface area contributed by atoms with Crippen LogP contribution in [0, 0.1) is 20.8 Å². The van der Waals surface area contributed by atoms with E-state index in [1.54, 1.807) is 19.1 Å². The van der Waals surface area contributed by atoms with Crippen LogP contribution in [-0.4, -0.2) is 76.9 Å². The topological polar surface area (TPSA) is 90.0 Å². The Morgan fingerprint density at radius 1 is 1.03 bits per heavy atom. The van der Waals surface area contributed by atoms with E-state index in [-0.39, 0.29) is 11.8 Å². The maximum Gasteiger partial charge on any atom is 0.332 e. The maximum absolute atomic E-state index is 13.0. The molecule has 2 aromatic rings. The monoisotopic (exact) mass is 436 g/mol. The Hall–Kier alpha value is -3.49. The van der Waals surface area contributed by atoms with Gasteiger partial charge < -0.3 is 9.80 Å². The normalized spacial score (nSPS) is 19.2. The molecule has 0 radical (unpaired) electrons. The molecule has 2 fully saturated rings. The number of pyridine rings is 2. The standard InChI is InChI=1S/C23H28N6O3/c1-14-12-15(2)20(25-16(14)3)27-8-10-28(11-9-27)22(31)18-6-7-19(24-13-18)29-17(4)21(30)26(5)23(29)32/h6-7,12-13,17H,8-11H2,1-5H3. The molecule has 2 aliphatic rings. The quantitative estimate of drug-likeness (QED) is 0.685.